The van der Waals surface area contributed by atoms with E-state index in [1.54, 1.807) is 0 Å². The van der Waals surface area contributed by atoms with E-state index < -0.39 is 0 Å². The topological polar surface area (TPSA) is 39.2 Å². The number of aromatic nitrogens is 1. The van der Waals surface area contributed by atoms with Crippen molar-refractivity contribution in [3.63, 3.8) is 0 Å². The number of rotatable bonds is 7. The number of quaternary nitrogens is 1. The third-order valence-corrected chi connectivity index (χ3v) is 12.1. The van der Waals surface area contributed by atoms with Gasteiger partial charge in [-0.2, -0.15) is 0 Å². The summed E-state index contributed by atoms with van der Waals surface area (Å²) in [5.41, 5.74) is 3.22. The number of esters is 1. The molecule has 4 heteroatoms. The van der Waals surface area contributed by atoms with Crippen molar-refractivity contribution in [3.8, 4) is 0 Å². The molecule has 7 aliphatic rings. The zero-order valence-electron chi connectivity index (χ0n) is 24.2. The highest BCUT2D eigenvalue weighted by atomic mass is 16.5. The van der Waals surface area contributed by atoms with Gasteiger partial charge in [0.1, 0.15) is 12.6 Å². The summed E-state index contributed by atoms with van der Waals surface area (Å²) >= 11 is 0. The van der Waals surface area contributed by atoms with E-state index in [4.69, 9.17) is 9.72 Å². The standard InChI is InChI=1S/C37H43N2O2/c1-2-29-24-39(23-25-8-4-3-5-9-25)15-13-30(29)19-34(39)35(32-12-14-38-33-11-7-6-10-31(32)33)41-36(40)37-20-26-16-27(21-37)18-28(17-26)22-37/h2-12,14,26-30,34-35H,1,13,15-24H2/q+1/t26?,27?,28?,29-,30-,34+,35-,37?,39?/m0/s1. The van der Waals surface area contributed by atoms with Crippen LogP contribution in [0.25, 0.3) is 10.9 Å². The van der Waals surface area contributed by atoms with E-state index in [0.717, 1.165) is 66.3 Å². The highest BCUT2D eigenvalue weighted by Crippen LogP contribution is 2.61. The van der Waals surface area contributed by atoms with Gasteiger partial charge in [0.25, 0.3) is 0 Å². The minimum absolute atomic E-state index is 0.100. The molecule has 3 saturated heterocycles. The molecule has 1 unspecified atom stereocenters. The number of para-hydroxylation sites is 1. The molecule has 3 aliphatic heterocycles. The van der Waals surface area contributed by atoms with Crippen LogP contribution in [0.15, 0.2) is 79.5 Å². The Bertz CT molecular complexity index is 1430. The average Bonchev–Trinajstić information content (AvgIpc) is 2.99. The van der Waals surface area contributed by atoms with Crippen LogP contribution in [0.1, 0.15) is 68.6 Å². The molecule has 4 aliphatic carbocycles. The molecule has 0 spiro atoms. The second-order valence-electron chi connectivity index (χ2n) is 14.5. The molecule has 3 aromatic rings. The number of fused-ring (bicyclic) bond motifs is 4. The van der Waals surface area contributed by atoms with Crippen LogP contribution in [0.3, 0.4) is 0 Å². The Labute approximate surface area is 244 Å². The van der Waals surface area contributed by atoms with Gasteiger partial charge in [-0.25, -0.2) is 0 Å². The van der Waals surface area contributed by atoms with Gasteiger partial charge in [-0.05, 0) is 74.3 Å². The number of hydrogen-bond acceptors (Lipinski definition) is 3. The van der Waals surface area contributed by atoms with Gasteiger partial charge in [0, 0.05) is 41.5 Å². The summed E-state index contributed by atoms with van der Waals surface area (Å²) in [5, 5.41) is 1.12. The monoisotopic (exact) mass is 547 g/mol. The van der Waals surface area contributed by atoms with E-state index in [1.165, 1.54) is 31.2 Å². The van der Waals surface area contributed by atoms with Gasteiger partial charge in [0.05, 0.1) is 24.0 Å². The molecule has 4 saturated carbocycles. The van der Waals surface area contributed by atoms with E-state index in [-0.39, 0.29) is 23.5 Å². The fourth-order valence-electron chi connectivity index (χ4n) is 10.6. The first kappa shape index (κ1) is 25.7. The first-order valence-electron chi connectivity index (χ1n) is 16.1. The molecule has 0 amide bonds. The van der Waals surface area contributed by atoms with Crippen molar-refractivity contribution in [2.24, 2.45) is 35.0 Å². The van der Waals surface area contributed by atoms with E-state index in [9.17, 15) is 4.79 Å². The fourth-order valence-corrected chi connectivity index (χ4v) is 10.6. The predicted octanol–water partition coefficient (Wildman–Crippen LogP) is 7.65. The molecule has 0 N–H and O–H groups in total. The first-order valence-corrected chi connectivity index (χ1v) is 16.1. The van der Waals surface area contributed by atoms with Crippen molar-refractivity contribution in [1.29, 1.82) is 0 Å². The van der Waals surface area contributed by atoms with Gasteiger partial charge in [-0.3, -0.25) is 9.78 Å². The van der Waals surface area contributed by atoms with Crippen LogP contribution in [-0.2, 0) is 16.1 Å². The van der Waals surface area contributed by atoms with Crippen LogP contribution in [0.4, 0.5) is 0 Å². The summed E-state index contributed by atoms with van der Waals surface area (Å²) < 4.78 is 8.01. The summed E-state index contributed by atoms with van der Waals surface area (Å²) in [6, 6.07) is 21.7. The molecule has 10 rings (SSSR count). The molecule has 2 aromatic carbocycles. The van der Waals surface area contributed by atoms with Gasteiger partial charge in [0.2, 0.25) is 0 Å². The van der Waals surface area contributed by atoms with E-state index >= 15 is 0 Å². The maximum absolute atomic E-state index is 14.6. The van der Waals surface area contributed by atoms with Crippen molar-refractivity contribution in [2.45, 2.75) is 70.1 Å². The molecule has 4 nitrogen and oxygen atoms in total. The van der Waals surface area contributed by atoms with Crippen molar-refractivity contribution in [3.05, 3.63) is 90.6 Å². The number of benzene rings is 2. The highest BCUT2D eigenvalue weighted by molar-refractivity contribution is 5.83. The minimum atomic E-state index is -0.277. The molecular weight excluding hydrogens is 504 g/mol. The van der Waals surface area contributed by atoms with Crippen LogP contribution in [0.5, 0.6) is 0 Å². The number of ether oxygens (including phenoxy) is 1. The van der Waals surface area contributed by atoms with Crippen molar-refractivity contribution in [1.82, 2.24) is 4.98 Å². The van der Waals surface area contributed by atoms with E-state index in [2.05, 4.69) is 73.3 Å². The lowest BCUT2D eigenvalue weighted by Gasteiger charge is -2.59. The summed E-state index contributed by atoms with van der Waals surface area (Å²) in [4.78, 5) is 19.3. The van der Waals surface area contributed by atoms with Gasteiger partial charge in [-0.15, -0.1) is 6.58 Å². The average molecular weight is 548 g/mol. The Morgan fingerprint density at radius 2 is 1.68 bits per heavy atom. The normalized spacial score (nSPS) is 37.7. The summed E-state index contributed by atoms with van der Waals surface area (Å²) in [5.74, 6) is 3.36. The highest BCUT2D eigenvalue weighted by Gasteiger charge is 2.59. The number of pyridine rings is 1. The zero-order valence-corrected chi connectivity index (χ0v) is 24.2. The Morgan fingerprint density at radius 3 is 2.41 bits per heavy atom. The zero-order chi connectivity index (χ0) is 27.6. The van der Waals surface area contributed by atoms with Gasteiger partial charge >= 0.3 is 5.97 Å². The lowest BCUT2D eigenvalue weighted by Crippen LogP contribution is -2.68. The second-order valence-corrected chi connectivity index (χ2v) is 14.5. The largest absolute Gasteiger partial charge is 0.451 e. The number of hydrogen-bond donors (Lipinski definition) is 0. The lowest BCUT2D eigenvalue weighted by atomic mass is 9.49. The van der Waals surface area contributed by atoms with Crippen LogP contribution in [0.2, 0.25) is 0 Å². The van der Waals surface area contributed by atoms with Crippen LogP contribution in [-0.4, -0.2) is 34.6 Å². The third kappa shape index (κ3) is 4.28. The van der Waals surface area contributed by atoms with Crippen LogP contribution < -0.4 is 0 Å². The maximum Gasteiger partial charge on any atom is 0.312 e. The molecule has 41 heavy (non-hydrogen) atoms. The Kier molecular flexibility index (Phi) is 6.14. The van der Waals surface area contributed by atoms with Gasteiger partial charge in [0.15, 0.2) is 6.10 Å². The predicted molar refractivity (Wildman–Crippen MR) is 162 cm³/mol. The summed E-state index contributed by atoms with van der Waals surface area (Å²) in [6.45, 7) is 7.43. The molecule has 1 aromatic heterocycles. The molecule has 5 atom stereocenters. The molecule has 4 heterocycles. The molecule has 7 fully saturated rings. The van der Waals surface area contributed by atoms with E-state index in [1.807, 2.05) is 6.20 Å². The van der Waals surface area contributed by atoms with Crippen LogP contribution >= 0.6 is 0 Å². The molecular formula is C37H43N2O2+. The Morgan fingerprint density at radius 1 is 0.976 bits per heavy atom. The second kappa shape index (κ2) is 9.80. The lowest BCUT2D eigenvalue weighted by molar-refractivity contribution is -0.984. The molecule has 212 valence electrons. The number of piperidine rings is 3. The molecule has 6 bridgehead atoms. The Balaban J connectivity index is 1.22. The minimum Gasteiger partial charge on any atom is -0.451 e. The molecule has 0 radical (unpaired) electrons. The maximum atomic E-state index is 14.6. The van der Waals surface area contributed by atoms with Crippen LogP contribution in [0, 0.1) is 35.0 Å². The SMILES string of the molecule is C=C[C@H]1C[N+]2(Cc3ccccc3)CC[C@H]1C[C@@H]2[C@@H](OC(=O)C12CC3CC(CC(C3)C1)C2)c1ccnc2ccccc12. The summed E-state index contributed by atoms with van der Waals surface area (Å²) in [6.07, 6.45) is 13.2. The van der Waals surface area contributed by atoms with Gasteiger partial charge < -0.3 is 9.22 Å². The van der Waals surface area contributed by atoms with Crippen molar-refractivity contribution in [2.75, 3.05) is 13.1 Å². The number of carbonyl (C=O) groups is 1. The smallest absolute Gasteiger partial charge is 0.312 e. The quantitative estimate of drug-likeness (QED) is 0.173. The number of carbonyl (C=O) groups excluding carboxylic acids is 1. The number of nitrogens with zero attached hydrogens (tertiary/aromatic N) is 2. The van der Waals surface area contributed by atoms with E-state index in [0.29, 0.717) is 29.6 Å². The third-order valence-electron chi connectivity index (χ3n) is 12.1. The van der Waals surface area contributed by atoms with Gasteiger partial charge in [-0.1, -0.05) is 54.6 Å². The fraction of sp³-hybridized carbons (Fsp3) is 0.514. The summed E-state index contributed by atoms with van der Waals surface area (Å²) in [7, 11) is 0. The first-order chi connectivity index (χ1) is 20.0. The van der Waals surface area contributed by atoms with Crippen molar-refractivity contribution < 1.29 is 14.0 Å². The Hall–Kier alpha value is -2.98. The van der Waals surface area contributed by atoms with Crippen molar-refractivity contribution >= 4 is 16.9 Å².